The molecule has 98 valence electrons. The lowest BCUT2D eigenvalue weighted by Gasteiger charge is -1.98. The second-order valence-corrected chi connectivity index (χ2v) is 3.54. The van der Waals surface area contributed by atoms with Crippen LogP contribution in [0.1, 0.15) is 11.5 Å². The maximum Gasteiger partial charge on any atom is 0.433 e. The number of aromatic amines is 1. The van der Waals surface area contributed by atoms with E-state index in [1.54, 1.807) is 6.92 Å². The summed E-state index contributed by atoms with van der Waals surface area (Å²) in [6.45, 7) is 1.67. The molecule has 2 heterocycles. The van der Waals surface area contributed by atoms with E-state index in [1.165, 1.54) is 24.4 Å². The first-order valence-corrected chi connectivity index (χ1v) is 5.16. The van der Waals surface area contributed by atoms with Crippen LogP contribution in [0, 0.1) is 17.0 Å². The topological polar surface area (TPSA) is 126 Å². The van der Waals surface area contributed by atoms with E-state index in [0.29, 0.717) is 5.69 Å². The minimum Gasteiger partial charge on any atom is -0.400 e. The van der Waals surface area contributed by atoms with E-state index >= 15 is 0 Å². The summed E-state index contributed by atoms with van der Waals surface area (Å²) in [6.07, 6.45) is 1.23. The Morgan fingerprint density at radius 3 is 3.00 bits per heavy atom. The molecule has 0 spiro atoms. The first-order chi connectivity index (χ1) is 9.04. The van der Waals surface area contributed by atoms with Crippen molar-refractivity contribution in [3.05, 3.63) is 50.1 Å². The van der Waals surface area contributed by atoms with Gasteiger partial charge in [-0.2, -0.15) is 5.10 Å². The Hall–Kier alpha value is -2.97. The van der Waals surface area contributed by atoms with Crippen LogP contribution in [-0.2, 0) is 0 Å². The van der Waals surface area contributed by atoms with E-state index in [1.807, 2.05) is 0 Å². The van der Waals surface area contributed by atoms with Crippen LogP contribution in [0.5, 0.6) is 0 Å². The number of hydrogen-bond acceptors (Lipinski definition) is 7. The number of nitro groups is 1. The van der Waals surface area contributed by atoms with Gasteiger partial charge in [0.15, 0.2) is 5.76 Å². The number of hydrazone groups is 1. The Morgan fingerprint density at radius 1 is 1.58 bits per heavy atom. The molecule has 0 saturated carbocycles. The van der Waals surface area contributed by atoms with Gasteiger partial charge in [-0.05, 0) is 13.0 Å². The second kappa shape index (κ2) is 5.12. The van der Waals surface area contributed by atoms with Gasteiger partial charge in [0.1, 0.15) is 4.92 Å². The molecule has 0 aliphatic carbocycles. The molecule has 2 aromatic heterocycles. The number of aromatic nitrogens is 2. The van der Waals surface area contributed by atoms with Crippen molar-refractivity contribution >= 4 is 18.0 Å². The summed E-state index contributed by atoms with van der Waals surface area (Å²) in [4.78, 5) is 27.3. The van der Waals surface area contributed by atoms with E-state index in [-0.39, 0.29) is 23.2 Å². The number of nitrogens with one attached hydrogen (secondary N) is 2. The van der Waals surface area contributed by atoms with E-state index in [4.69, 9.17) is 4.42 Å². The maximum absolute atomic E-state index is 11.1. The number of anilines is 1. The molecule has 9 nitrogen and oxygen atoms in total. The molecule has 0 fully saturated rings. The first kappa shape index (κ1) is 12.5. The molecule has 0 amide bonds. The Bertz CT molecular complexity index is 687. The Morgan fingerprint density at radius 2 is 2.37 bits per heavy atom. The maximum atomic E-state index is 11.1. The molecule has 2 aromatic rings. The summed E-state index contributed by atoms with van der Waals surface area (Å²) in [7, 11) is 0. The zero-order chi connectivity index (χ0) is 13.8. The summed E-state index contributed by atoms with van der Waals surface area (Å²) >= 11 is 0. The van der Waals surface area contributed by atoms with E-state index in [9.17, 15) is 14.9 Å². The Labute approximate surface area is 106 Å². The van der Waals surface area contributed by atoms with Crippen LogP contribution < -0.4 is 11.0 Å². The SMILES string of the molecule is Cc1cc(=O)[nH]c(N/N=C/c2ccc([N+](=O)[O-])o2)n1. The summed E-state index contributed by atoms with van der Waals surface area (Å²) in [5.41, 5.74) is 2.72. The summed E-state index contributed by atoms with van der Waals surface area (Å²) in [5, 5.41) is 14.1. The number of aryl methyl sites for hydroxylation is 1. The Balaban J connectivity index is 2.06. The van der Waals surface area contributed by atoms with E-state index in [2.05, 4.69) is 20.5 Å². The number of rotatable bonds is 4. The molecular formula is C10H9N5O4. The van der Waals surface area contributed by atoms with Crippen molar-refractivity contribution in [2.75, 3.05) is 5.43 Å². The minimum atomic E-state index is -0.648. The molecule has 0 aliphatic rings. The lowest BCUT2D eigenvalue weighted by Crippen LogP contribution is -2.10. The van der Waals surface area contributed by atoms with Gasteiger partial charge in [0.25, 0.3) is 5.56 Å². The highest BCUT2D eigenvalue weighted by atomic mass is 16.6. The van der Waals surface area contributed by atoms with Crippen molar-refractivity contribution in [3.8, 4) is 0 Å². The molecule has 0 saturated heterocycles. The number of furan rings is 1. The third-order valence-electron chi connectivity index (χ3n) is 2.02. The lowest BCUT2D eigenvalue weighted by molar-refractivity contribution is -0.402. The highest BCUT2D eigenvalue weighted by molar-refractivity contribution is 5.76. The molecule has 9 heteroatoms. The summed E-state index contributed by atoms with van der Waals surface area (Å²) in [5.74, 6) is 0.0000401. The van der Waals surface area contributed by atoms with Crippen LogP contribution in [0.2, 0.25) is 0 Å². The summed E-state index contributed by atoms with van der Waals surface area (Å²) in [6, 6.07) is 3.95. The normalized spacial score (nSPS) is 10.8. The average Bonchev–Trinajstić information content (AvgIpc) is 2.76. The molecule has 0 atom stereocenters. The van der Waals surface area contributed by atoms with Gasteiger partial charge in [0, 0.05) is 11.8 Å². The van der Waals surface area contributed by atoms with Crippen LogP contribution in [0.4, 0.5) is 11.8 Å². The quantitative estimate of drug-likeness (QED) is 0.481. The largest absolute Gasteiger partial charge is 0.433 e. The second-order valence-electron chi connectivity index (χ2n) is 3.54. The molecular weight excluding hydrogens is 254 g/mol. The molecule has 0 bridgehead atoms. The molecule has 2 N–H and O–H groups in total. The Kier molecular flexibility index (Phi) is 3.37. The van der Waals surface area contributed by atoms with Gasteiger partial charge in [0.05, 0.1) is 12.3 Å². The molecule has 19 heavy (non-hydrogen) atoms. The predicted octanol–water partition coefficient (Wildman–Crippen LogP) is 1.03. The van der Waals surface area contributed by atoms with Crippen molar-refractivity contribution in [2.45, 2.75) is 6.92 Å². The van der Waals surface area contributed by atoms with Crippen LogP contribution in [-0.4, -0.2) is 21.1 Å². The number of hydrogen-bond donors (Lipinski definition) is 2. The van der Waals surface area contributed by atoms with Gasteiger partial charge in [-0.1, -0.05) is 0 Å². The molecule has 0 radical (unpaired) electrons. The van der Waals surface area contributed by atoms with Crippen LogP contribution in [0.15, 0.2) is 32.5 Å². The zero-order valence-corrected chi connectivity index (χ0v) is 9.78. The molecule has 2 rings (SSSR count). The lowest BCUT2D eigenvalue weighted by atomic mass is 10.4. The fourth-order valence-electron chi connectivity index (χ4n) is 1.30. The molecule has 0 aromatic carbocycles. The molecule has 0 aliphatic heterocycles. The van der Waals surface area contributed by atoms with Crippen LogP contribution in [0.3, 0.4) is 0 Å². The third kappa shape index (κ3) is 3.25. The average molecular weight is 263 g/mol. The fourth-order valence-corrected chi connectivity index (χ4v) is 1.30. The van der Waals surface area contributed by atoms with Gasteiger partial charge in [-0.15, -0.1) is 0 Å². The van der Waals surface area contributed by atoms with Gasteiger partial charge in [0.2, 0.25) is 5.95 Å². The van der Waals surface area contributed by atoms with E-state index in [0.717, 1.165) is 0 Å². The first-order valence-electron chi connectivity index (χ1n) is 5.16. The van der Waals surface area contributed by atoms with Crippen molar-refractivity contribution in [3.63, 3.8) is 0 Å². The predicted molar refractivity (Wildman–Crippen MR) is 66.2 cm³/mol. The number of H-pyrrole nitrogens is 1. The van der Waals surface area contributed by atoms with E-state index < -0.39 is 4.92 Å². The zero-order valence-electron chi connectivity index (χ0n) is 9.78. The standard InChI is InChI=1S/C10H9N5O4/c1-6-4-8(16)13-10(12-6)14-11-5-7-2-3-9(19-7)15(17)18/h2-5H,1H3,(H2,12,13,14,16)/b11-5+. The fraction of sp³-hybridized carbons (Fsp3) is 0.100. The third-order valence-corrected chi connectivity index (χ3v) is 2.02. The van der Waals surface area contributed by atoms with Gasteiger partial charge in [-0.3, -0.25) is 19.9 Å². The molecule has 0 unspecified atom stereocenters. The van der Waals surface area contributed by atoms with Crippen LogP contribution in [0.25, 0.3) is 0 Å². The smallest absolute Gasteiger partial charge is 0.400 e. The monoisotopic (exact) mass is 263 g/mol. The number of nitrogens with zero attached hydrogens (tertiary/aromatic N) is 3. The highest BCUT2D eigenvalue weighted by Gasteiger charge is 2.10. The van der Waals surface area contributed by atoms with Gasteiger partial charge < -0.3 is 4.42 Å². The minimum absolute atomic E-state index is 0.169. The van der Waals surface area contributed by atoms with Crippen LogP contribution >= 0.6 is 0 Å². The van der Waals surface area contributed by atoms with Crippen molar-refractivity contribution in [2.24, 2.45) is 5.10 Å². The van der Waals surface area contributed by atoms with Crippen molar-refractivity contribution in [1.82, 2.24) is 9.97 Å². The van der Waals surface area contributed by atoms with Gasteiger partial charge in [-0.25, -0.2) is 10.4 Å². The van der Waals surface area contributed by atoms with Gasteiger partial charge >= 0.3 is 5.88 Å². The summed E-state index contributed by atoms with van der Waals surface area (Å²) < 4.78 is 4.85. The van der Waals surface area contributed by atoms with Crippen molar-refractivity contribution < 1.29 is 9.34 Å². The van der Waals surface area contributed by atoms with Crippen molar-refractivity contribution in [1.29, 1.82) is 0 Å². The highest BCUT2D eigenvalue weighted by Crippen LogP contribution is 2.13.